The Bertz CT molecular complexity index is 869. The third-order valence-corrected chi connectivity index (χ3v) is 5.02. The summed E-state index contributed by atoms with van der Waals surface area (Å²) < 4.78 is 24.3. The van der Waals surface area contributed by atoms with Gasteiger partial charge in [-0.25, -0.2) is 4.39 Å². The maximum absolute atomic E-state index is 13.4. The van der Waals surface area contributed by atoms with Crippen molar-refractivity contribution in [3.05, 3.63) is 71.6 Å². The Morgan fingerprint density at radius 3 is 2.71 bits per heavy atom. The van der Waals surface area contributed by atoms with Gasteiger partial charge in [0, 0.05) is 25.2 Å². The number of halogens is 1. The number of carbonyl (C=O) groups is 1. The number of carbonyl (C=O) groups excluding carboxylic acids is 1. The molecule has 0 bridgehead atoms. The highest BCUT2D eigenvalue weighted by Gasteiger charge is 2.29. The fourth-order valence-electron chi connectivity index (χ4n) is 3.62. The standard InChI is InChI=1S/C22H25FN2O3/c1-4-9-25-10-8-15-12-20(27-2)21(28-3)13-18(15)19(25)14-24-22(26)16-6-5-7-17(23)11-16/h4-7,11-13,19H,1,8-10,14H2,2-3H3,(H,24,26). The van der Waals surface area contributed by atoms with Gasteiger partial charge in [-0.15, -0.1) is 6.58 Å². The Balaban J connectivity index is 1.86. The molecule has 0 aliphatic carbocycles. The van der Waals surface area contributed by atoms with Gasteiger partial charge in [-0.3, -0.25) is 9.69 Å². The molecule has 3 rings (SSSR count). The lowest BCUT2D eigenvalue weighted by Gasteiger charge is -2.37. The number of ether oxygens (including phenoxy) is 2. The molecular formula is C22H25FN2O3. The molecule has 2 aromatic carbocycles. The minimum atomic E-state index is -0.430. The van der Waals surface area contributed by atoms with E-state index in [9.17, 15) is 9.18 Å². The van der Waals surface area contributed by atoms with Crippen LogP contribution in [0.2, 0.25) is 0 Å². The van der Waals surface area contributed by atoms with E-state index in [1.54, 1.807) is 20.3 Å². The van der Waals surface area contributed by atoms with Crippen LogP contribution in [0.1, 0.15) is 27.5 Å². The number of nitrogens with one attached hydrogen (secondary N) is 1. The van der Waals surface area contributed by atoms with Crippen molar-refractivity contribution in [2.75, 3.05) is 33.9 Å². The van der Waals surface area contributed by atoms with Crippen molar-refractivity contribution < 1.29 is 18.7 Å². The molecule has 0 saturated carbocycles. The molecule has 1 unspecified atom stereocenters. The highest BCUT2D eigenvalue weighted by Crippen LogP contribution is 2.37. The summed E-state index contributed by atoms with van der Waals surface area (Å²) >= 11 is 0. The van der Waals surface area contributed by atoms with E-state index in [4.69, 9.17) is 9.47 Å². The first-order valence-corrected chi connectivity index (χ1v) is 9.21. The van der Waals surface area contributed by atoms with Crippen LogP contribution in [-0.4, -0.2) is 44.7 Å². The Morgan fingerprint density at radius 1 is 1.29 bits per heavy atom. The molecule has 1 aliphatic rings. The van der Waals surface area contributed by atoms with E-state index in [1.807, 2.05) is 18.2 Å². The van der Waals surface area contributed by atoms with Crippen molar-refractivity contribution in [3.8, 4) is 11.5 Å². The normalized spacial score (nSPS) is 16.2. The van der Waals surface area contributed by atoms with E-state index in [1.165, 1.54) is 23.8 Å². The Kier molecular flexibility index (Phi) is 6.31. The topological polar surface area (TPSA) is 50.8 Å². The van der Waals surface area contributed by atoms with Crippen LogP contribution in [0.4, 0.5) is 4.39 Å². The van der Waals surface area contributed by atoms with E-state index >= 15 is 0 Å². The minimum Gasteiger partial charge on any atom is -0.493 e. The summed E-state index contributed by atoms with van der Waals surface area (Å²) in [5, 5.41) is 2.94. The van der Waals surface area contributed by atoms with Crippen LogP contribution in [0.3, 0.4) is 0 Å². The van der Waals surface area contributed by atoms with Gasteiger partial charge in [0.2, 0.25) is 0 Å². The third kappa shape index (κ3) is 4.17. The molecule has 0 radical (unpaired) electrons. The molecule has 1 heterocycles. The lowest BCUT2D eigenvalue weighted by molar-refractivity contribution is 0.0932. The first-order chi connectivity index (χ1) is 13.6. The van der Waals surface area contributed by atoms with E-state index in [2.05, 4.69) is 16.8 Å². The maximum Gasteiger partial charge on any atom is 0.251 e. The van der Waals surface area contributed by atoms with Gasteiger partial charge >= 0.3 is 0 Å². The fourth-order valence-corrected chi connectivity index (χ4v) is 3.62. The third-order valence-electron chi connectivity index (χ3n) is 5.02. The van der Waals surface area contributed by atoms with Crippen molar-refractivity contribution >= 4 is 5.91 Å². The van der Waals surface area contributed by atoms with Crippen molar-refractivity contribution in [2.45, 2.75) is 12.5 Å². The monoisotopic (exact) mass is 384 g/mol. The van der Waals surface area contributed by atoms with Crippen molar-refractivity contribution in [3.63, 3.8) is 0 Å². The zero-order valence-electron chi connectivity index (χ0n) is 16.2. The second-order valence-corrected chi connectivity index (χ2v) is 6.68. The molecule has 5 nitrogen and oxygen atoms in total. The number of amides is 1. The van der Waals surface area contributed by atoms with E-state index in [-0.39, 0.29) is 11.9 Å². The van der Waals surface area contributed by atoms with Gasteiger partial charge in [-0.2, -0.15) is 0 Å². The van der Waals surface area contributed by atoms with Gasteiger partial charge < -0.3 is 14.8 Å². The maximum atomic E-state index is 13.4. The van der Waals surface area contributed by atoms with Gasteiger partial charge in [0.15, 0.2) is 11.5 Å². The summed E-state index contributed by atoms with van der Waals surface area (Å²) in [6.07, 6.45) is 2.73. The van der Waals surface area contributed by atoms with Crippen LogP contribution in [0.15, 0.2) is 49.1 Å². The summed E-state index contributed by atoms with van der Waals surface area (Å²) in [4.78, 5) is 14.7. The molecule has 1 N–H and O–H groups in total. The van der Waals surface area contributed by atoms with Crippen molar-refractivity contribution in [1.29, 1.82) is 0 Å². The molecule has 28 heavy (non-hydrogen) atoms. The Labute approximate surface area is 164 Å². The molecule has 0 aromatic heterocycles. The van der Waals surface area contributed by atoms with Crippen molar-refractivity contribution in [1.82, 2.24) is 10.2 Å². The molecule has 1 atom stereocenters. The second-order valence-electron chi connectivity index (χ2n) is 6.68. The summed E-state index contributed by atoms with van der Waals surface area (Å²) in [6.45, 7) is 5.78. The molecule has 1 aliphatic heterocycles. The number of fused-ring (bicyclic) bond motifs is 1. The smallest absolute Gasteiger partial charge is 0.251 e. The van der Waals surface area contributed by atoms with Crippen LogP contribution in [-0.2, 0) is 6.42 Å². The van der Waals surface area contributed by atoms with Gasteiger partial charge in [0.1, 0.15) is 5.82 Å². The Morgan fingerprint density at radius 2 is 2.04 bits per heavy atom. The number of benzene rings is 2. The van der Waals surface area contributed by atoms with Crippen LogP contribution in [0.5, 0.6) is 11.5 Å². The largest absolute Gasteiger partial charge is 0.493 e. The molecule has 0 fully saturated rings. The zero-order valence-corrected chi connectivity index (χ0v) is 16.2. The summed E-state index contributed by atoms with van der Waals surface area (Å²) in [6, 6.07) is 9.62. The van der Waals surface area contributed by atoms with E-state index in [0.717, 1.165) is 18.5 Å². The molecule has 2 aromatic rings. The van der Waals surface area contributed by atoms with Gasteiger partial charge in [0.25, 0.3) is 5.91 Å². The first kappa shape index (κ1) is 19.9. The molecule has 0 saturated heterocycles. The molecule has 6 heteroatoms. The van der Waals surface area contributed by atoms with E-state index in [0.29, 0.717) is 30.2 Å². The second kappa shape index (κ2) is 8.89. The van der Waals surface area contributed by atoms with Crippen molar-refractivity contribution in [2.24, 2.45) is 0 Å². The number of methoxy groups -OCH3 is 2. The molecule has 0 spiro atoms. The quantitative estimate of drug-likeness (QED) is 0.744. The zero-order chi connectivity index (χ0) is 20.1. The Hall–Kier alpha value is -2.86. The van der Waals surface area contributed by atoms with Gasteiger partial charge in [-0.05, 0) is 47.9 Å². The molecule has 1 amide bonds. The lowest BCUT2D eigenvalue weighted by atomic mass is 9.91. The lowest BCUT2D eigenvalue weighted by Crippen LogP contribution is -2.42. The minimum absolute atomic E-state index is 0.0425. The predicted octanol–water partition coefficient (Wildman–Crippen LogP) is 3.36. The van der Waals surface area contributed by atoms with Crippen LogP contribution >= 0.6 is 0 Å². The summed E-state index contributed by atoms with van der Waals surface area (Å²) in [7, 11) is 3.23. The summed E-state index contributed by atoms with van der Waals surface area (Å²) in [5.74, 6) is 0.621. The van der Waals surface area contributed by atoms with Gasteiger partial charge in [0.05, 0.1) is 20.3 Å². The van der Waals surface area contributed by atoms with Gasteiger partial charge in [-0.1, -0.05) is 12.1 Å². The highest BCUT2D eigenvalue weighted by molar-refractivity contribution is 5.94. The number of hydrogen-bond donors (Lipinski definition) is 1. The number of hydrogen-bond acceptors (Lipinski definition) is 4. The molecular weight excluding hydrogens is 359 g/mol. The summed E-state index contributed by atoms with van der Waals surface area (Å²) in [5.41, 5.74) is 2.56. The first-order valence-electron chi connectivity index (χ1n) is 9.21. The average molecular weight is 384 g/mol. The van der Waals surface area contributed by atoms with Crippen LogP contribution in [0, 0.1) is 5.82 Å². The number of rotatable bonds is 7. The molecule has 148 valence electrons. The fraction of sp³-hybridized carbons (Fsp3) is 0.318. The average Bonchev–Trinajstić information content (AvgIpc) is 2.71. The number of nitrogens with zero attached hydrogens (tertiary/aromatic N) is 1. The highest BCUT2D eigenvalue weighted by atomic mass is 19.1. The van der Waals surface area contributed by atoms with Crippen LogP contribution in [0.25, 0.3) is 0 Å². The predicted molar refractivity (Wildman–Crippen MR) is 106 cm³/mol. The van der Waals surface area contributed by atoms with E-state index < -0.39 is 5.82 Å². The SMILES string of the molecule is C=CCN1CCc2cc(OC)c(OC)cc2C1CNC(=O)c1cccc(F)c1. The van der Waals surface area contributed by atoms with Crippen LogP contribution < -0.4 is 14.8 Å².